The van der Waals surface area contributed by atoms with Gasteiger partial charge in [0.15, 0.2) is 0 Å². The summed E-state index contributed by atoms with van der Waals surface area (Å²) in [6.07, 6.45) is 0.683. The van der Waals surface area contributed by atoms with E-state index in [0.29, 0.717) is 31.0 Å². The Morgan fingerprint density at radius 1 is 1.13 bits per heavy atom. The van der Waals surface area contributed by atoms with Crippen LogP contribution in [-0.4, -0.2) is 32.4 Å². The molecule has 23 heavy (non-hydrogen) atoms. The average Bonchev–Trinajstić information content (AvgIpc) is 2.84. The largest absolute Gasteiger partial charge is 0.329 e. The Morgan fingerprint density at radius 2 is 1.78 bits per heavy atom. The molecule has 7 heteroatoms. The van der Waals surface area contributed by atoms with Crippen LogP contribution >= 0.6 is 23.7 Å². The van der Waals surface area contributed by atoms with Gasteiger partial charge in [0.05, 0.1) is 4.90 Å². The van der Waals surface area contributed by atoms with Crippen LogP contribution in [0.5, 0.6) is 0 Å². The van der Waals surface area contributed by atoms with E-state index in [1.54, 1.807) is 6.07 Å². The number of hydrogen-bond acceptors (Lipinski definition) is 4. The fourth-order valence-electron chi connectivity index (χ4n) is 2.40. The van der Waals surface area contributed by atoms with Crippen LogP contribution in [-0.2, 0) is 16.4 Å². The Hall–Kier alpha value is -0.920. The topological polar surface area (TPSA) is 63.4 Å². The van der Waals surface area contributed by atoms with Crippen LogP contribution in [0.4, 0.5) is 0 Å². The summed E-state index contributed by atoms with van der Waals surface area (Å²) in [7, 11) is -3.48. The van der Waals surface area contributed by atoms with Crippen LogP contribution in [0.15, 0.2) is 41.3 Å². The van der Waals surface area contributed by atoms with Crippen molar-refractivity contribution in [1.82, 2.24) is 4.31 Å². The van der Waals surface area contributed by atoms with Gasteiger partial charge in [-0.3, -0.25) is 0 Å². The van der Waals surface area contributed by atoms with Crippen molar-refractivity contribution in [2.75, 3.05) is 19.6 Å². The molecule has 0 bridgehead atoms. The van der Waals surface area contributed by atoms with E-state index in [1.807, 2.05) is 44.2 Å². The molecule has 0 spiro atoms. The van der Waals surface area contributed by atoms with Crippen molar-refractivity contribution in [3.05, 3.63) is 51.7 Å². The van der Waals surface area contributed by atoms with E-state index < -0.39 is 10.0 Å². The standard InChI is InChI=1S/C16H22N2O2S2.ClH/c1-13-12-16(14(2)21-13)22(19,20)18(11-9-17)10-8-15-6-4-3-5-7-15;/h3-7,12H,8-11,17H2,1-2H3;1H. The molecular weight excluding hydrogens is 352 g/mol. The Balaban J connectivity index is 0.00000264. The van der Waals surface area contributed by atoms with E-state index in [4.69, 9.17) is 5.73 Å². The smallest absolute Gasteiger partial charge is 0.244 e. The molecule has 0 fully saturated rings. The molecule has 1 aromatic carbocycles. The lowest BCUT2D eigenvalue weighted by atomic mass is 10.1. The second-order valence-electron chi connectivity index (χ2n) is 5.21. The van der Waals surface area contributed by atoms with E-state index in [1.165, 1.54) is 15.6 Å². The monoisotopic (exact) mass is 374 g/mol. The zero-order chi connectivity index (χ0) is 16.2. The summed E-state index contributed by atoms with van der Waals surface area (Å²) in [4.78, 5) is 2.25. The van der Waals surface area contributed by atoms with Gasteiger partial charge in [0, 0.05) is 29.4 Å². The maximum Gasteiger partial charge on any atom is 0.244 e. The summed E-state index contributed by atoms with van der Waals surface area (Å²) in [6.45, 7) is 4.87. The Kier molecular flexibility index (Phi) is 7.70. The fraction of sp³-hybridized carbons (Fsp3) is 0.375. The molecule has 0 saturated heterocycles. The summed E-state index contributed by atoms with van der Waals surface area (Å²) in [5, 5.41) is 0. The van der Waals surface area contributed by atoms with Gasteiger partial charge in [0.1, 0.15) is 0 Å². The van der Waals surface area contributed by atoms with E-state index in [0.717, 1.165) is 15.3 Å². The van der Waals surface area contributed by atoms with Crippen molar-refractivity contribution in [1.29, 1.82) is 0 Å². The van der Waals surface area contributed by atoms with Gasteiger partial charge in [-0.15, -0.1) is 23.7 Å². The summed E-state index contributed by atoms with van der Waals surface area (Å²) < 4.78 is 27.2. The van der Waals surface area contributed by atoms with Gasteiger partial charge < -0.3 is 5.73 Å². The molecule has 0 radical (unpaired) electrons. The van der Waals surface area contributed by atoms with E-state index in [-0.39, 0.29) is 12.4 Å². The third-order valence-corrected chi connectivity index (χ3v) is 6.60. The maximum absolute atomic E-state index is 12.9. The van der Waals surface area contributed by atoms with Crippen LogP contribution in [0.3, 0.4) is 0 Å². The van der Waals surface area contributed by atoms with Crippen molar-refractivity contribution in [3.8, 4) is 0 Å². The lowest BCUT2D eigenvalue weighted by molar-refractivity contribution is 0.421. The molecular formula is C16H23ClN2O2S2. The highest BCUT2D eigenvalue weighted by atomic mass is 35.5. The number of rotatable bonds is 7. The van der Waals surface area contributed by atoms with E-state index >= 15 is 0 Å². The molecule has 2 rings (SSSR count). The van der Waals surface area contributed by atoms with Gasteiger partial charge in [0.25, 0.3) is 0 Å². The summed E-state index contributed by atoms with van der Waals surface area (Å²) >= 11 is 1.51. The molecule has 1 heterocycles. The number of nitrogens with two attached hydrogens (primary N) is 1. The minimum Gasteiger partial charge on any atom is -0.329 e. The lowest BCUT2D eigenvalue weighted by Crippen LogP contribution is -2.37. The van der Waals surface area contributed by atoms with Crippen LogP contribution in [0.25, 0.3) is 0 Å². The maximum atomic E-state index is 12.9. The van der Waals surface area contributed by atoms with Crippen LogP contribution < -0.4 is 5.73 Å². The van der Waals surface area contributed by atoms with Crippen molar-refractivity contribution >= 4 is 33.8 Å². The van der Waals surface area contributed by atoms with Crippen molar-refractivity contribution < 1.29 is 8.42 Å². The second kappa shape index (κ2) is 8.80. The summed E-state index contributed by atoms with van der Waals surface area (Å²) in [6, 6.07) is 11.6. The molecule has 0 saturated carbocycles. The van der Waals surface area contributed by atoms with Gasteiger partial charge >= 0.3 is 0 Å². The van der Waals surface area contributed by atoms with Gasteiger partial charge in [-0.05, 0) is 31.9 Å². The molecule has 0 atom stereocenters. The predicted molar refractivity (Wildman–Crippen MR) is 99.0 cm³/mol. The molecule has 1 aromatic heterocycles. The third-order valence-electron chi connectivity index (χ3n) is 3.48. The SMILES string of the molecule is Cc1cc(S(=O)(=O)N(CCN)CCc2ccccc2)c(C)s1.Cl. The molecule has 0 aliphatic rings. The Labute approximate surface area is 148 Å². The quantitative estimate of drug-likeness (QED) is 0.810. The molecule has 2 aromatic rings. The van der Waals surface area contributed by atoms with Gasteiger partial charge in [-0.1, -0.05) is 30.3 Å². The summed E-state index contributed by atoms with van der Waals surface area (Å²) in [5.74, 6) is 0. The van der Waals surface area contributed by atoms with E-state index in [9.17, 15) is 8.42 Å². The molecule has 0 unspecified atom stereocenters. The normalized spacial score (nSPS) is 11.5. The minimum atomic E-state index is -3.48. The Morgan fingerprint density at radius 3 is 2.30 bits per heavy atom. The number of hydrogen-bond donors (Lipinski definition) is 1. The highest BCUT2D eigenvalue weighted by Gasteiger charge is 2.26. The molecule has 0 amide bonds. The number of thiophene rings is 1. The van der Waals surface area contributed by atoms with Gasteiger partial charge in [-0.25, -0.2) is 8.42 Å². The number of sulfonamides is 1. The molecule has 0 aliphatic heterocycles. The molecule has 0 aliphatic carbocycles. The average molecular weight is 375 g/mol. The third kappa shape index (κ3) is 5.02. The second-order valence-corrected chi connectivity index (χ2v) is 8.57. The molecule has 128 valence electrons. The van der Waals surface area contributed by atoms with Crippen LogP contribution in [0.2, 0.25) is 0 Å². The van der Waals surface area contributed by atoms with Crippen molar-refractivity contribution in [2.45, 2.75) is 25.2 Å². The lowest BCUT2D eigenvalue weighted by Gasteiger charge is -2.21. The van der Waals surface area contributed by atoms with Crippen LogP contribution in [0.1, 0.15) is 15.3 Å². The van der Waals surface area contributed by atoms with E-state index in [2.05, 4.69) is 0 Å². The predicted octanol–water partition coefficient (Wildman–Crippen LogP) is 2.98. The van der Waals surface area contributed by atoms with Crippen molar-refractivity contribution in [3.63, 3.8) is 0 Å². The van der Waals surface area contributed by atoms with Gasteiger partial charge in [0.2, 0.25) is 10.0 Å². The minimum absolute atomic E-state index is 0. The number of nitrogens with zero attached hydrogens (tertiary/aromatic N) is 1. The van der Waals surface area contributed by atoms with Gasteiger partial charge in [-0.2, -0.15) is 4.31 Å². The number of benzene rings is 1. The highest BCUT2D eigenvalue weighted by molar-refractivity contribution is 7.89. The zero-order valence-electron chi connectivity index (χ0n) is 13.4. The first-order chi connectivity index (χ1) is 10.4. The van der Waals surface area contributed by atoms with Crippen LogP contribution in [0, 0.1) is 13.8 Å². The summed E-state index contributed by atoms with van der Waals surface area (Å²) in [5.41, 5.74) is 6.74. The molecule has 2 N–H and O–H groups in total. The zero-order valence-corrected chi connectivity index (χ0v) is 15.8. The van der Waals surface area contributed by atoms with Crippen molar-refractivity contribution in [2.24, 2.45) is 5.73 Å². The number of halogens is 1. The first-order valence-corrected chi connectivity index (χ1v) is 9.52. The Bertz CT molecular complexity index is 715. The highest BCUT2D eigenvalue weighted by Crippen LogP contribution is 2.27. The first-order valence-electron chi connectivity index (χ1n) is 7.26. The fourth-order valence-corrected chi connectivity index (χ4v) is 5.38. The number of aryl methyl sites for hydroxylation is 2. The first kappa shape index (κ1) is 20.1. The molecule has 4 nitrogen and oxygen atoms in total.